The van der Waals surface area contributed by atoms with Crippen molar-refractivity contribution in [3.63, 3.8) is 0 Å². The van der Waals surface area contributed by atoms with Gasteiger partial charge >= 0.3 is 11.8 Å². The fourth-order valence-electron chi connectivity index (χ4n) is 6.60. The van der Waals surface area contributed by atoms with E-state index >= 15 is 0 Å². The molecule has 0 unspecified atom stereocenters. The third-order valence-corrected chi connectivity index (χ3v) is 8.87. The number of carbonyl (C=O) groups is 2. The number of nitrogen functional groups attached to an aromatic ring is 1. The van der Waals surface area contributed by atoms with Crippen LogP contribution in [0, 0.1) is 17.8 Å². The summed E-state index contributed by atoms with van der Waals surface area (Å²) < 4.78 is 0. The van der Waals surface area contributed by atoms with Gasteiger partial charge in [0.2, 0.25) is 0 Å². The number of aromatic nitrogens is 1. The van der Waals surface area contributed by atoms with Gasteiger partial charge in [-0.3, -0.25) is 9.59 Å². The van der Waals surface area contributed by atoms with E-state index in [2.05, 4.69) is 58.3 Å². The highest BCUT2D eigenvalue weighted by Crippen LogP contribution is 2.36. The fraction of sp³-hybridized carbons (Fsp3) is 0.567. The molecule has 4 heterocycles. The smallest absolute Gasteiger partial charge is 0.313 e. The van der Waals surface area contributed by atoms with E-state index in [1.165, 1.54) is 37.8 Å². The number of amides is 2. The second-order valence-electron chi connectivity index (χ2n) is 11.6. The minimum absolute atomic E-state index is 0.105. The van der Waals surface area contributed by atoms with E-state index in [-0.39, 0.29) is 6.04 Å². The van der Waals surface area contributed by atoms with Gasteiger partial charge in [0.1, 0.15) is 5.82 Å². The SMILES string of the molecule is CCc1cc(NC(=O)C(=O)N2C[C@@H](C)CC[C@@H]2c2ccc(N3CC[C@H]4CCN(C)C[C@H]4C3)cc2)cnc1N. The maximum atomic E-state index is 13.4. The van der Waals surface area contributed by atoms with Crippen LogP contribution in [0.4, 0.5) is 17.2 Å². The Balaban J connectivity index is 1.27. The van der Waals surface area contributed by atoms with Gasteiger partial charge in [0.05, 0.1) is 17.9 Å². The summed E-state index contributed by atoms with van der Waals surface area (Å²) >= 11 is 0. The summed E-state index contributed by atoms with van der Waals surface area (Å²) in [5.74, 6) is 1.26. The van der Waals surface area contributed by atoms with E-state index in [9.17, 15) is 9.59 Å². The second-order valence-corrected chi connectivity index (χ2v) is 11.6. The first-order valence-electron chi connectivity index (χ1n) is 14.2. The van der Waals surface area contributed by atoms with Gasteiger partial charge in [0.25, 0.3) is 0 Å². The highest BCUT2D eigenvalue weighted by Gasteiger charge is 2.35. The Bertz CT molecular complexity index is 1150. The summed E-state index contributed by atoms with van der Waals surface area (Å²) in [6.07, 6.45) is 6.67. The number of benzene rings is 1. The summed E-state index contributed by atoms with van der Waals surface area (Å²) in [4.78, 5) is 37.3. The van der Waals surface area contributed by atoms with Crippen molar-refractivity contribution in [3.8, 4) is 0 Å². The van der Waals surface area contributed by atoms with Crippen molar-refractivity contribution in [1.29, 1.82) is 0 Å². The Morgan fingerprint density at radius 3 is 2.55 bits per heavy atom. The lowest BCUT2D eigenvalue weighted by Gasteiger charge is -2.45. The molecule has 0 bridgehead atoms. The van der Waals surface area contributed by atoms with Crippen LogP contribution in [0.2, 0.25) is 0 Å². The molecule has 0 spiro atoms. The lowest BCUT2D eigenvalue weighted by molar-refractivity contribution is -0.146. The molecule has 0 aliphatic carbocycles. The number of aryl methyl sites for hydroxylation is 1. The predicted octanol–water partition coefficient (Wildman–Crippen LogP) is 3.94. The summed E-state index contributed by atoms with van der Waals surface area (Å²) in [5, 5.41) is 2.75. The third-order valence-electron chi connectivity index (χ3n) is 8.87. The molecule has 8 nitrogen and oxygen atoms in total. The van der Waals surface area contributed by atoms with Gasteiger partial charge in [-0.05, 0) is 92.8 Å². The van der Waals surface area contributed by atoms with E-state index in [0.29, 0.717) is 30.4 Å². The molecule has 2 amide bonds. The van der Waals surface area contributed by atoms with Crippen LogP contribution >= 0.6 is 0 Å². The summed E-state index contributed by atoms with van der Waals surface area (Å²) in [5.41, 5.74) is 9.58. The molecule has 8 heteroatoms. The van der Waals surface area contributed by atoms with Gasteiger partial charge in [0, 0.05) is 31.9 Å². The van der Waals surface area contributed by atoms with Gasteiger partial charge in [-0.2, -0.15) is 0 Å². The Morgan fingerprint density at radius 2 is 1.79 bits per heavy atom. The zero-order valence-corrected chi connectivity index (χ0v) is 23.0. The first-order chi connectivity index (χ1) is 18.3. The number of piperidine rings is 3. The molecule has 38 heavy (non-hydrogen) atoms. The standard InChI is InChI=1S/C30H42N6O2/c1-4-21-15-25(16-32-28(21)31)33-29(37)30(38)36-17-20(2)5-10-27(36)23-6-8-26(9-7-23)35-14-12-22-11-13-34(3)18-24(22)19-35/h6-9,15-16,20,22,24,27H,4-5,10-14,17-19H2,1-3H3,(H2,31,32)(H,33,37)/t20-,22+,24-,27+/m0/s1. The minimum Gasteiger partial charge on any atom is -0.383 e. The quantitative estimate of drug-likeness (QED) is 0.596. The number of fused-ring (bicyclic) bond motifs is 1. The molecule has 1 aromatic carbocycles. The van der Waals surface area contributed by atoms with E-state index < -0.39 is 11.8 Å². The highest BCUT2D eigenvalue weighted by atomic mass is 16.2. The van der Waals surface area contributed by atoms with Crippen molar-refractivity contribution in [1.82, 2.24) is 14.8 Å². The van der Waals surface area contributed by atoms with Gasteiger partial charge in [-0.25, -0.2) is 4.98 Å². The van der Waals surface area contributed by atoms with Crippen molar-refractivity contribution < 1.29 is 9.59 Å². The Kier molecular flexibility index (Phi) is 7.88. The molecule has 1 aromatic heterocycles. The van der Waals surface area contributed by atoms with Crippen LogP contribution in [0.3, 0.4) is 0 Å². The molecule has 0 saturated carbocycles. The number of nitrogens with zero attached hydrogens (tertiary/aromatic N) is 4. The lowest BCUT2D eigenvalue weighted by Crippen LogP contribution is -2.49. The van der Waals surface area contributed by atoms with Crippen LogP contribution in [0.5, 0.6) is 0 Å². The maximum Gasteiger partial charge on any atom is 0.313 e. The molecule has 204 valence electrons. The van der Waals surface area contributed by atoms with Gasteiger partial charge in [0.15, 0.2) is 0 Å². The third kappa shape index (κ3) is 5.65. The van der Waals surface area contributed by atoms with Crippen molar-refractivity contribution in [2.75, 3.05) is 55.7 Å². The predicted molar refractivity (Wildman–Crippen MR) is 152 cm³/mol. The minimum atomic E-state index is -0.630. The van der Waals surface area contributed by atoms with Gasteiger partial charge in [-0.1, -0.05) is 26.0 Å². The summed E-state index contributed by atoms with van der Waals surface area (Å²) in [7, 11) is 2.23. The number of anilines is 3. The number of pyridine rings is 1. The molecule has 3 N–H and O–H groups in total. The van der Waals surface area contributed by atoms with Crippen molar-refractivity contribution >= 4 is 29.0 Å². The van der Waals surface area contributed by atoms with E-state index in [4.69, 9.17) is 5.73 Å². The Hall–Kier alpha value is -3.13. The zero-order valence-electron chi connectivity index (χ0n) is 23.0. The van der Waals surface area contributed by atoms with Crippen LogP contribution in [-0.4, -0.2) is 66.4 Å². The zero-order chi connectivity index (χ0) is 26.8. The fourth-order valence-corrected chi connectivity index (χ4v) is 6.60. The van der Waals surface area contributed by atoms with Crippen LogP contribution in [0.25, 0.3) is 0 Å². The number of nitrogens with two attached hydrogens (primary N) is 1. The molecule has 5 rings (SSSR count). The number of hydrogen-bond acceptors (Lipinski definition) is 6. The lowest BCUT2D eigenvalue weighted by atomic mass is 9.80. The van der Waals surface area contributed by atoms with Crippen molar-refractivity contribution in [3.05, 3.63) is 47.7 Å². The van der Waals surface area contributed by atoms with Crippen LogP contribution < -0.4 is 16.0 Å². The molecule has 2 aromatic rings. The topological polar surface area (TPSA) is 94.8 Å². The normalized spacial score (nSPS) is 26.1. The molecule has 4 atom stereocenters. The number of nitrogens with one attached hydrogen (secondary N) is 1. The van der Waals surface area contributed by atoms with E-state index in [1.54, 1.807) is 11.0 Å². The molecule has 0 radical (unpaired) electrons. The van der Waals surface area contributed by atoms with E-state index in [0.717, 1.165) is 48.9 Å². The molecular weight excluding hydrogens is 476 g/mol. The first-order valence-corrected chi connectivity index (χ1v) is 14.2. The molecule has 3 aliphatic rings. The molecular formula is C30H42N6O2. The molecule has 3 fully saturated rings. The second kappa shape index (κ2) is 11.3. The maximum absolute atomic E-state index is 13.4. The number of rotatable bonds is 4. The van der Waals surface area contributed by atoms with Crippen LogP contribution in [0.1, 0.15) is 56.7 Å². The number of carbonyl (C=O) groups excluding carboxylic acids is 2. The van der Waals surface area contributed by atoms with Crippen molar-refractivity contribution in [2.45, 2.75) is 52.0 Å². The van der Waals surface area contributed by atoms with Crippen molar-refractivity contribution in [2.24, 2.45) is 17.8 Å². The summed E-state index contributed by atoms with van der Waals surface area (Å²) in [6.45, 7) is 9.31. The Labute approximate surface area is 226 Å². The number of hydrogen-bond donors (Lipinski definition) is 2. The monoisotopic (exact) mass is 518 g/mol. The van der Waals surface area contributed by atoms with Gasteiger partial charge < -0.3 is 25.8 Å². The first kappa shape index (κ1) is 26.5. The molecule has 3 aliphatic heterocycles. The summed E-state index contributed by atoms with van der Waals surface area (Å²) in [6, 6.07) is 10.4. The highest BCUT2D eigenvalue weighted by molar-refractivity contribution is 6.39. The average Bonchev–Trinajstić information content (AvgIpc) is 2.93. The Morgan fingerprint density at radius 1 is 1.03 bits per heavy atom. The van der Waals surface area contributed by atoms with Crippen LogP contribution in [0.15, 0.2) is 36.5 Å². The van der Waals surface area contributed by atoms with Crippen LogP contribution in [-0.2, 0) is 16.0 Å². The largest absolute Gasteiger partial charge is 0.383 e. The van der Waals surface area contributed by atoms with E-state index in [1.807, 2.05) is 6.92 Å². The molecule has 3 saturated heterocycles. The van der Waals surface area contributed by atoms with Gasteiger partial charge in [-0.15, -0.1) is 0 Å². The number of likely N-dealkylation sites (tertiary alicyclic amines) is 2. The average molecular weight is 519 g/mol.